The third-order valence-corrected chi connectivity index (χ3v) is 8.59. The number of fused-ring (bicyclic) bond motifs is 3. The van der Waals surface area contributed by atoms with E-state index >= 15 is 0 Å². The molecular weight excluding hydrogens is 440 g/mol. The summed E-state index contributed by atoms with van der Waals surface area (Å²) in [5.74, 6) is -2.12. The van der Waals surface area contributed by atoms with Crippen molar-refractivity contribution in [1.29, 1.82) is 0 Å². The summed E-state index contributed by atoms with van der Waals surface area (Å²) < 4.78 is 24.4. The van der Waals surface area contributed by atoms with Gasteiger partial charge in [-0.15, -0.1) is 6.58 Å². The molecule has 0 unspecified atom stereocenters. The van der Waals surface area contributed by atoms with Gasteiger partial charge >= 0.3 is 17.9 Å². The number of ether oxygens (including phenoxy) is 4. The fraction of sp³-hybridized carbons (Fsp3) is 0.808. The van der Waals surface area contributed by atoms with Crippen molar-refractivity contribution < 1.29 is 38.4 Å². The van der Waals surface area contributed by atoms with Crippen molar-refractivity contribution in [3.8, 4) is 0 Å². The number of aliphatic hydroxyl groups is 1. The highest BCUT2D eigenvalue weighted by atomic mass is 16.6. The molecule has 1 saturated heterocycles. The number of carbonyl (C=O) groups is 3. The first-order valence-corrected chi connectivity index (χ1v) is 12.0. The molecule has 8 heteroatoms. The number of hydrogen-bond acceptors (Lipinski definition) is 8. The minimum Gasteiger partial charge on any atom is -0.462 e. The van der Waals surface area contributed by atoms with Crippen molar-refractivity contribution in [3.63, 3.8) is 0 Å². The summed E-state index contributed by atoms with van der Waals surface area (Å²) in [6, 6.07) is 0. The normalized spacial score (nSPS) is 45.2. The van der Waals surface area contributed by atoms with Gasteiger partial charge in [-0.25, -0.2) is 0 Å². The Kier molecular flexibility index (Phi) is 6.77. The van der Waals surface area contributed by atoms with Crippen LogP contribution in [0, 0.1) is 22.7 Å². The van der Waals surface area contributed by atoms with E-state index in [1.54, 1.807) is 6.08 Å². The Morgan fingerprint density at radius 2 is 1.38 bits per heavy atom. The van der Waals surface area contributed by atoms with Gasteiger partial charge in [-0.05, 0) is 19.3 Å². The first kappa shape index (κ1) is 26.7. The lowest BCUT2D eigenvalue weighted by Gasteiger charge is -2.69. The summed E-state index contributed by atoms with van der Waals surface area (Å²) in [5, 5.41) is 11.2. The molecular formula is C26H40O8. The predicted molar refractivity (Wildman–Crippen MR) is 123 cm³/mol. The van der Waals surface area contributed by atoms with Gasteiger partial charge in [0.2, 0.25) is 0 Å². The zero-order valence-electron chi connectivity index (χ0n) is 21.7. The molecule has 0 radical (unpaired) electrons. The summed E-state index contributed by atoms with van der Waals surface area (Å²) in [5.41, 5.74) is -3.21. The zero-order valence-corrected chi connectivity index (χ0v) is 21.7. The minimum absolute atomic E-state index is 0.213. The SMILES string of the molecule is C=C[C@@]1(C)C[C@H](OC(C)=O)[C@@H]2[C@@]3(C)[C@H](OC(C)=O)C[C@@H](O)C(C)(C)[C@@H]3[C@H](OC(C)=O)C[C@@]2(C)O1. The van der Waals surface area contributed by atoms with Gasteiger partial charge in [-0.2, -0.15) is 0 Å². The van der Waals surface area contributed by atoms with Gasteiger partial charge in [-0.3, -0.25) is 14.4 Å². The van der Waals surface area contributed by atoms with Gasteiger partial charge in [0.05, 0.1) is 17.3 Å². The van der Waals surface area contributed by atoms with E-state index in [4.69, 9.17) is 18.9 Å². The lowest BCUT2D eigenvalue weighted by molar-refractivity contribution is -0.332. The van der Waals surface area contributed by atoms with Crippen molar-refractivity contribution in [2.45, 2.75) is 110 Å². The molecule has 0 spiro atoms. The second-order valence-electron chi connectivity index (χ2n) is 11.6. The summed E-state index contributed by atoms with van der Waals surface area (Å²) in [6.07, 6.45) is -0.0363. The smallest absolute Gasteiger partial charge is 0.302 e. The van der Waals surface area contributed by atoms with Gasteiger partial charge in [0, 0.05) is 57.3 Å². The largest absolute Gasteiger partial charge is 0.462 e. The van der Waals surface area contributed by atoms with E-state index in [1.807, 2.05) is 34.6 Å². The average Bonchev–Trinajstić information content (AvgIpc) is 2.63. The summed E-state index contributed by atoms with van der Waals surface area (Å²) in [4.78, 5) is 36.6. The Morgan fingerprint density at radius 3 is 1.85 bits per heavy atom. The van der Waals surface area contributed by atoms with E-state index in [1.165, 1.54) is 20.8 Å². The molecule has 1 aliphatic heterocycles. The predicted octanol–water partition coefficient (Wildman–Crippen LogP) is 3.34. The molecule has 0 amide bonds. The Bertz CT molecular complexity index is 867. The first-order valence-electron chi connectivity index (χ1n) is 12.0. The van der Waals surface area contributed by atoms with Crippen molar-refractivity contribution in [1.82, 2.24) is 0 Å². The highest BCUT2D eigenvalue weighted by molar-refractivity contribution is 5.67. The fourth-order valence-corrected chi connectivity index (χ4v) is 7.68. The van der Waals surface area contributed by atoms with Crippen LogP contribution < -0.4 is 0 Å². The highest BCUT2D eigenvalue weighted by Gasteiger charge is 2.73. The lowest BCUT2D eigenvalue weighted by Crippen LogP contribution is -2.75. The molecule has 1 N–H and O–H groups in total. The average molecular weight is 481 g/mol. The summed E-state index contributed by atoms with van der Waals surface area (Å²) >= 11 is 0. The van der Waals surface area contributed by atoms with Crippen LogP contribution in [0.5, 0.6) is 0 Å². The van der Waals surface area contributed by atoms with Crippen molar-refractivity contribution in [2.75, 3.05) is 0 Å². The maximum atomic E-state index is 12.2. The number of esters is 3. The van der Waals surface area contributed by atoms with Crippen LogP contribution in [-0.2, 0) is 33.3 Å². The highest BCUT2D eigenvalue weighted by Crippen LogP contribution is 2.67. The second-order valence-corrected chi connectivity index (χ2v) is 11.6. The Hall–Kier alpha value is -1.93. The molecule has 0 aromatic carbocycles. The van der Waals surface area contributed by atoms with E-state index in [-0.39, 0.29) is 6.42 Å². The van der Waals surface area contributed by atoms with E-state index in [0.29, 0.717) is 12.8 Å². The van der Waals surface area contributed by atoms with Gasteiger partial charge in [0.25, 0.3) is 0 Å². The van der Waals surface area contributed by atoms with Crippen molar-refractivity contribution in [2.24, 2.45) is 22.7 Å². The number of rotatable bonds is 4. The zero-order chi connectivity index (χ0) is 25.9. The van der Waals surface area contributed by atoms with E-state index in [9.17, 15) is 19.5 Å². The van der Waals surface area contributed by atoms with Crippen LogP contribution in [0.1, 0.15) is 74.7 Å². The molecule has 0 bridgehead atoms. The lowest BCUT2D eigenvalue weighted by atomic mass is 9.41. The van der Waals surface area contributed by atoms with Crippen LogP contribution in [0.25, 0.3) is 0 Å². The van der Waals surface area contributed by atoms with Gasteiger partial charge in [0.15, 0.2) is 0 Å². The number of aliphatic hydroxyl groups excluding tert-OH is 1. The fourth-order valence-electron chi connectivity index (χ4n) is 7.68. The van der Waals surface area contributed by atoms with Crippen LogP contribution in [0.2, 0.25) is 0 Å². The molecule has 34 heavy (non-hydrogen) atoms. The molecule has 3 aliphatic rings. The molecule has 3 rings (SSSR count). The second kappa shape index (κ2) is 8.63. The molecule has 192 valence electrons. The monoisotopic (exact) mass is 480 g/mol. The van der Waals surface area contributed by atoms with Gasteiger partial charge < -0.3 is 24.1 Å². The minimum atomic E-state index is -0.899. The van der Waals surface area contributed by atoms with Crippen LogP contribution >= 0.6 is 0 Å². The van der Waals surface area contributed by atoms with Crippen molar-refractivity contribution in [3.05, 3.63) is 12.7 Å². The third-order valence-electron chi connectivity index (χ3n) is 8.59. The molecule has 8 nitrogen and oxygen atoms in total. The summed E-state index contributed by atoms with van der Waals surface area (Å²) in [6.45, 7) is 17.7. The van der Waals surface area contributed by atoms with E-state index in [2.05, 4.69) is 6.58 Å². The molecule has 0 aromatic rings. The van der Waals surface area contributed by atoms with E-state index < -0.39 is 76.2 Å². The van der Waals surface area contributed by atoms with Gasteiger partial charge in [-0.1, -0.05) is 26.8 Å². The van der Waals surface area contributed by atoms with Gasteiger partial charge in [0.1, 0.15) is 18.3 Å². The molecule has 2 aliphatic carbocycles. The standard InChI is InChI=1S/C26H40O8/c1-10-24(7)12-17(31-14(2)27)22-25(8,34-24)13-18(32-15(3)28)21-23(5,6)19(30)11-20(26(21,22)9)33-16(4)29/h10,17-22,30H,1,11-13H2,2-9H3/t17-,18+,19+,20+,21-,22-,24-,25+,26-/m0/s1. The van der Waals surface area contributed by atoms with Crippen LogP contribution in [-0.4, -0.2) is 58.6 Å². The molecule has 9 atom stereocenters. The van der Waals surface area contributed by atoms with E-state index in [0.717, 1.165) is 0 Å². The van der Waals surface area contributed by atoms with Crippen LogP contribution in [0.4, 0.5) is 0 Å². The topological polar surface area (TPSA) is 108 Å². The van der Waals surface area contributed by atoms with Crippen LogP contribution in [0.3, 0.4) is 0 Å². The molecule has 1 heterocycles. The maximum Gasteiger partial charge on any atom is 0.302 e. The summed E-state index contributed by atoms with van der Waals surface area (Å²) in [7, 11) is 0. The number of carbonyl (C=O) groups excluding carboxylic acids is 3. The third kappa shape index (κ3) is 4.28. The number of hydrogen-bond donors (Lipinski definition) is 1. The maximum absolute atomic E-state index is 12.2. The van der Waals surface area contributed by atoms with Crippen molar-refractivity contribution >= 4 is 17.9 Å². The molecule has 0 aromatic heterocycles. The Balaban J connectivity index is 2.28. The molecule has 2 saturated carbocycles. The van der Waals surface area contributed by atoms with Crippen LogP contribution in [0.15, 0.2) is 12.7 Å². The molecule has 3 fully saturated rings. The first-order chi connectivity index (χ1) is 15.5. The Morgan fingerprint density at radius 1 is 0.882 bits per heavy atom. The quantitative estimate of drug-likeness (QED) is 0.371. The Labute approximate surface area is 202 Å².